The third-order valence-electron chi connectivity index (χ3n) is 3.14. The van der Waals surface area contributed by atoms with Gasteiger partial charge in [0.05, 0.1) is 0 Å². The first-order valence-electron chi connectivity index (χ1n) is 6.48. The molecule has 94 valence electrons. The van der Waals surface area contributed by atoms with Crippen LogP contribution in [0.2, 0.25) is 0 Å². The Morgan fingerprint density at radius 1 is 1.44 bits per heavy atom. The number of carbonyl (C=O) groups is 1. The van der Waals surface area contributed by atoms with Crippen molar-refractivity contribution in [2.45, 2.75) is 45.1 Å². The lowest BCUT2D eigenvalue weighted by Crippen LogP contribution is -2.41. The molecule has 1 aliphatic rings. The summed E-state index contributed by atoms with van der Waals surface area (Å²) in [6.07, 6.45) is 5.21. The molecule has 4 nitrogen and oxygen atoms in total. The summed E-state index contributed by atoms with van der Waals surface area (Å²) in [7, 11) is 0. The van der Waals surface area contributed by atoms with Crippen LogP contribution in [0.3, 0.4) is 0 Å². The Balaban J connectivity index is 2.13. The third-order valence-corrected chi connectivity index (χ3v) is 3.14. The first kappa shape index (κ1) is 13.5. The highest BCUT2D eigenvalue weighted by molar-refractivity contribution is 5.76. The number of nitrogens with one attached hydrogen (secondary N) is 1. The van der Waals surface area contributed by atoms with Crippen LogP contribution in [0.4, 0.5) is 0 Å². The van der Waals surface area contributed by atoms with Gasteiger partial charge in [-0.25, -0.2) is 0 Å². The molecule has 0 aliphatic carbocycles. The van der Waals surface area contributed by atoms with E-state index in [1.165, 1.54) is 12.8 Å². The largest absolute Gasteiger partial charge is 0.352 e. The van der Waals surface area contributed by atoms with Gasteiger partial charge in [-0.05, 0) is 32.4 Å². The van der Waals surface area contributed by atoms with Crippen molar-refractivity contribution in [1.82, 2.24) is 10.2 Å². The van der Waals surface area contributed by atoms with Crippen LogP contribution in [0.1, 0.15) is 39.0 Å². The van der Waals surface area contributed by atoms with E-state index in [4.69, 9.17) is 5.73 Å². The number of hydrogen-bond acceptors (Lipinski definition) is 3. The van der Waals surface area contributed by atoms with Crippen LogP contribution in [0.25, 0.3) is 0 Å². The Labute approximate surface area is 98.6 Å². The maximum absolute atomic E-state index is 11.7. The quantitative estimate of drug-likeness (QED) is 0.673. The van der Waals surface area contributed by atoms with Crippen molar-refractivity contribution in [3.8, 4) is 0 Å². The molecule has 1 unspecified atom stereocenters. The van der Waals surface area contributed by atoms with Crippen molar-refractivity contribution in [2.24, 2.45) is 5.73 Å². The molecule has 0 bridgehead atoms. The average Bonchev–Trinajstić information content (AvgIpc) is 2.78. The molecule has 0 aromatic heterocycles. The predicted octanol–water partition coefficient (Wildman–Crippen LogP) is 0.716. The van der Waals surface area contributed by atoms with E-state index < -0.39 is 0 Å². The molecule has 1 atom stereocenters. The molecule has 0 aromatic rings. The summed E-state index contributed by atoms with van der Waals surface area (Å²) in [6.45, 7) is 5.86. The number of rotatable bonds is 7. The Bertz CT molecular complexity index is 202. The SMILES string of the molecule is CCCC(CN)NC(=O)CCN1CCCC1. The van der Waals surface area contributed by atoms with E-state index in [9.17, 15) is 4.79 Å². The normalized spacial score (nSPS) is 18.6. The highest BCUT2D eigenvalue weighted by Crippen LogP contribution is 2.07. The first-order valence-corrected chi connectivity index (χ1v) is 6.48. The number of likely N-dealkylation sites (tertiary alicyclic amines) is 1. The van der Waals surface area contributed by atoms with E-state index in [-0.39, 0.29) is 11.9 Å². The van der Waals surface area contributed by atoms with Crippen molar-refractivity contribution in [1.29, 1.82) is 0 Å². The molecule has 1 heterocycles. The van der Waals surface area contributed by atoms with Crippen LogP contribution in [0.5, 0.6) is 0 Å². The van der Waals surface area contributed by atoms with Crippen LogP contribution >= 0.6 is 0 Å². The van der Waals surface area contributed by atoms with Crippen molar-refractivity contribution in [3.63, 3.8) is 0 Å². The Hall–Kier alpha value is -0.610. The zero-order valence-corrected chi connectivity index (χ0v) is 10.4. The number of amides is 1. The van der Waals surface area contributed by atoms with Crippen LogP contribution in [0.15, 0.2) is 0 Å². The van der Waals surface area contributed by atoms with E-state index >= 15 is 0 Å². The van der Waals surface area contributed by atoms with Gasteiger partial charge in [-0.1, -0.05) is 13.3 Å². The summed E-state index contributed by atoms with van der Waals surface area (Å²) in [6, 6.07) is 0.163. The summed E-state index contributed by atoms with van der Waals surface area (Å²) in [4.78, 5) is 14.0. The molecule has 0 spiro atoms. The van der Waals surface area contributed by atoms with Crippen LogP contribution in [0, 0.1) is 0 Å². The van der Waals surface area contributed by atoms with Gasteiger partial charge in [0.2, 0.25) is 5.91 Å². The molecular weight excluding hydrogens is 202 g/mol. The first-order chi connectivity index (χ1) is 7.76. The molecular formula is C12H25N3O. The number of carbonyl (C=O) groups excluding carboxylic acids is 1. The maximum atomic E-state index is 11.7. The molecule has 3 N–H and O–H groups in total. The van der Waals surface area contributed by atoms with E-state index in [2.05, 4.69) is 17.1 Å². The fourth-order valence-corrected chi connectivity index (χ4v) is 2.16. The van der Waals surface area contributed by atoms with Gasteiger partial charge in [0.1, 0.15) is 0 Å². The van der Waals surface area contributed by atoms with Crippen LogP contribution in [-0.4, -0.2) is 43.0 Å². The van der Waals surface area contributed by atoms with Crippen molar-refractivity contribution in [3.05, 3.63) is 0 Å². The summed E-state index contributed by atoms with van der Waals surface area (Å²) in [5.41, 5.74) is 5.60. The monoisotopic (exact) mass is 227 g/mol. The van der Waals surface area contributed by atoms with E-state index in [1.807, 2.05) is 0 Å². The Morgan fingerprint density at radius 2 is 2.12 bits per heavy atom. The fourth-order valence-electron chi connectivity index (χ4n) is 2.16. The average molecular weight is 227 g/mol. The van der Waals surface area contributed by atoms with E-state index in [1.54, 1.807) is 0 Å². The zero-order chi connectivity index (χ0) is 11.8. The highest BCUT2D eigenvalue weighted by atomic mass is 16.1. The lowest BCUT2D eigenvalue weighted by Gasteiger charge is -2.18. The minimum absolute atomic E-state index is 0.149. The molecule has 1 rings (SSSR count). The maximum Gasteiger partial charge on any atom is 0.221 e. The van der Waals surface area contributed by atoms with Gasteiger partial charge in [-0.3, -0.25) is 4.79 Å². The van der Waals surface area contributed by atoms with Crippen LogP contribution < -0.4 is 11.1 Å². The predicted molar refractivity (Wildman–Crippen MR) is 66.2 cm³/mol. The van der Waals surface area contributed by atoms with Gasteiger partial charge in [0, 0.05) is 25.6 Å². The molecule has 1 fully saturated rings. The lowest BCUT2D eigenvalue weighted by atomic mass is 10.1. The van der Waals surface area contributed by atoms with Gasteiger partial charge >= 0.3 is 0 Å². The van der Waals surface area contributed by atoms with Gasteiger partial charge in [0.15, 0.2) is 0 Å². The third kappa shape index (κ3) is 4.94. The molecule has 0 saturated carbocycles. The molecule has 0 aromatic carbocycles. The lowest BCUT2D eigenvalue weighted by molar-refractivity contribution is -0.122. The minimum atomic E-state index is 0.149. The topological polar surface area (TPSA) is 58.4 Å². The summed E-state index contributed by atoms with van der Waals surface area (Å²) in [5, 5.41) is 3.00. The van der Waals surface area contributed by atoms with Gasteiger partial charge in [0.25, 0.3) is 0 Å². The smallest absolute Gasteiger partial charge is 0.221 e. The molecule has 1 saturated heterocycles. The minimum Gasteiger partial charge on any atom is -0.352 e. The van der Waals surface area contributed by atoms with Gasteiger partial charge in [-0.15, -0.1) is 0 Å². The molecule has 16 heavy (non-hydrogen) atoms. The fraction of sp³-hybridized carbons (Fsp3) is 0.917. The zero-order valence-electron chi connectivity index (χ0n) is 10.4. The highest BCUT2D eigenvalue weighted by Gasteiger charge is 2.14. The second-order valence-electron chi connectivity index (χ2n) is 4.59. The summed E-state index contributed by atoms with van der Waals surface area (Å²) in [5.74, 6) is 0.149. The molecule has 4 heteroatoms. The molecule has 1 aliphatic heterocycles. The standard InChI is InChI=1S/C12H25N3O/c1-2-5-11(10-13)14-12(16)6-9-15-7-3-4-8-15/h11H,2-10,13H2,1H3,(H,14,16). The molecule has 1 amide bonds. The van der Waals surface area contributed by atoms with Crippen molar-refractivity contribution < 1.29 is 4.79 Å². The van der Waals surface area contributed by atoms with Gasteiger partial charge < -0.3 is 16.0 Å². The van der Waals surface area contributed by atoms with Crippen molar-refractivity contribution in [2.75, 3.05) is 26.2 Å². The number of nitrogens with zero attached hydrogens (tertiary/aromatic N) is 1. The summed E-state index contributed by atoms with van der Waals surface area (Å²) < 4.78 is 0. The van der Waals surface area contributed by atoms with Crippen LogP contribution in [-0.2, 0) is 4.79 Å². The van der Waals surface area contributed by atoms with E-state index in [0.29, 0.717) is 13.0 Å². The summed E-state index contributed by atoms with van der Waals surface area (Å²) >= 11 is 0. The number of nitrogens with two attached hydrogens (primary N) is 1. The molecule has 0 radical (unpaired) electrons. The number of hydrogen-bond donors (Lipinski definition) is 2. The second kappa shape index (κ2) is 7.63. The second-order valence-corrected chi connectivity index (χ2v) is 4.59. The Morgan fingerprint density at radius 3 is 2.69 bits per heavy atom. The Kier molecular flexibility index (Phi) is 6.42. The van der Waals surface area contributed by atoms with Crippen molar-refractivity contribution >= 4 is 5.91 Å². The van der Waals surface area contributed by atoms with Gasteiger partial charge in [-0.2, -0.15) is 0 Å². The van der Waals surface area contributed by atoms with E-state index in [0.717, 1.165) is 32.5 Å².